The van der Waals surface area contributed by atoms with Crippen molar-refractivity contribution in [2.45, 2.75) is 0 Å². The van der Waals surface area contributed by atoms with Crippen LogP contribution in [0.1, 0.15) is 10.4 Å². The van der Waals surface area contributed by atoms with Crippen molar-refractivity contribution in [3.05, 3.63) is 48.2 Å². The number of H-pyrrole nitrogens is 1. The quantitative estimate of drug-likeness (QED) is 0.643. The fraction of sp³-hybridized carbons (Fsp3) is 0.0667. The molecule has 4 N–H and O–H groups in total. The molecule has 0 aliphatic rings. The minimum atomic E-state index is -0.298. The van der Waals surface area contributed by atoms with Crippen LogP contribution < -0.4 is 15.8 Å². The maximum Gasteiger partial charge on any atom is 0.257 e. The largest absolute Gasteiger partial charge is 0.497 e. The predicted octanol–water partition coefficient (Wildman–Crippen LogP) is 2.41. The van der Waals surface area contributed by atoms with Gasteiger partial charge in [0.15, 0.2) is 0 Å². The van der Waals surface area contributed by atoms with Crippen LogP contribution in [0.15, 0.2) is 42.6 Å². The molecule has 0 atom stereocenters. The van der Waals surface area contributed by atoms with Gasteiger partial charge in [-0.15, -0.1) is 0 Å². The summed E-state index contributed by atoms with van der Waals surface area (Å²) in [5.41, 5.74) is 8.04. The molecule has 6 heteroatoms. The van der Waals surface area contributed by atoms with Crippen molar-refractivity contribution in [3.8, 4) is 5.75 Å². The van der Waals surface area contributed by atoms with E-state index in [4.69, 9.17) is 10.5 Å². The number of fused-ring (bicyclic) bond motifs is 1. The molecular weight excluding hydrogens is 268 g/mol. The summed E-state index contributed by atoms with van der Waals surface area (Å²) < 4.78 is 5.12. The number of anilines is 2. The Labute approximate surface area is 120 Å². The summed E-state index contributed by atoms with van der Waals surface area (Å²) in [4.78, 5) is 12.4. The number of ether oxygens (including phenoxy) is 1. The van der Waals surface area contributed by atoms with Gasteiger partial charge >= 0.3 is 0 Å². The number of para-hydroxylation sites is 1. The van der Waals surface area contributed by atoms with Crippen molar-refractivity contribution in [3.63, 3.8) is 0 Å². The molecule has 1 heterocycles. The third-order valence-corrected chi connectivity index (χ3v) is 3.23. The molecule has 6 nitrogen and oxygen atoms in total. The number of nitrogens with two attached hydrogens (primary N) is 1. The van der Waals surface area contributed by atoms with Crippen LogP contribution in [0.4, 0.5) is 11.4 Å². The first-order valence-electron chi connectivity index (χ1n) is 6.36. The van der Waals surface area contributed by atoms with E-state index in [1.54, 1.807) is 37.6 Å². The number of hydrogen-bond acceptors (Lipinski definition) is 4. The lowest BCUT2D eigenvalue weighted by atomic mass is 10.1. The fourth-order valence-electron chi connectivity index (χ4n) is 2.12. The Morgan fingerprint density at radius 3 is 3.00 bits per heavy atom. The van der Waals surface area contributed by atoms with Crippen LogP contribution in [-0.2, 0) is 0 Å². The molecule has 3 aromatic rings. The number of methoxy groups -OCH3 is 1. The summed E-state index contributed by atoms with van der Waals surface area (Å²) in [5.74, 6) is 0.280. The van der Waals surface area contributed by atoms with E-state index in [0.717, 1.165) is 10.9 Å². The van der Waals surface area contributed by atoms with Crippen molar-refractivity contribution in [2.24, 2.45) is 0 Å². The second-order valence-electron chi connectivity index (χ2n) is 4.55. The van der Waals surface area contributed by atoms with Gasteiger partial charge in [-0.25, -0.2) is 0 Å². The number of nitrogens with one attached hydrogen (secondary N) is 2. The average molecular weight is 282 g/mol. The van der Waals surface area contributed by atoms with Crippen LogP contribution in [0, 0.1) is 0 Å². The highest BCUT2D eigenvalue weighted by Crippen LogP contribution is 2.24. The molecule has 21 heavy (non-hydrogen) atoms. The molecule has 0 aliphatic heterocycles. The highest BCUT2D eigenvalue weighted by Gasteiger charge is 2.13. The Hall–Kier alpha value is -3.02. The van der Waals surface area contributed by atoms with E-state index in [-0.39, 0.29) is 5.91 Å². The molecule has 0 fully saturated rings. The minimum absolute atomic E-state index is 0.298. The number of aromatic amines is 1. The van der Waals surface area contributed by atoms with Crippen LogP contribution in [0.3, 0.4) is 0 Å². The number of hydrogen-bond donors (Lipinski definition) is 3. The highest BCUT2D eigenvalue weighted by atomic mass is 16.5. The van der Waals surface area contributed by atoms with E-state index < -0.39 is 0 Å². The van der Waals surface area contributed by atoms with E-state index in [1.165, 1.54) is 0 Å². The Balaban J connectivity index is 1.95. The van der Waals surface area contributed by atoms with Gasteiger partial charge < -0.3 is 15.8 Å². The zero-order valence-electron chi connectivity index (χ0n) is 11.4. The molecule has 2 aromatic carbocycles. The van der Waals surface area contributed by atoms with Gasteiger partial charge in [0.2, 0.25) is 0 Å². The molecule has 0 spiro atoms. The van der Waals surface area contributed by atoms with Crippen LogP contribution in [0.5, 0.6) is 5.75 Å². The summed E-state index contributed by atoms with van der Waals surface area (Å²) in [6.07, 6.45) is 1.70. The molecule has 106 valence electrons. The lowest BCUT2D eigenvalue weighted by molar-refractivity contribution is 0.102. The summed E-state index contributed by atoms with van der Waals surface area (Å²) >= 11 is 0. The second kappa shape index (κ2) is 5.16. The first-order valence-corrected chi connectivity index (χ1v) is 6.36. The van der Waals surface area contributed by atoms with Gasteiger partial charge in [0.1, 0.15) is 5.75 Å². The molecule has 0 bridgehead atoms. The first kappa shape index (κ1) is 13.0. The summed E-state index contributed by atoms with van der Waals surface area (Å²) in [5, 5.41) is 10.6. The molecule has 3 rings (SSSR count). The third-order valence-electron chi connectivity index (χ3n) is 3.23. The van der Waals surface area contributed by atoms with Gasteiger partial charge in [0.25, 0.3) is 5.91 Å². The second-order valence-corrected chi connectivity index (χ2v) is 4.55. The fourth-order valence-corrected chi connectivity index (χ4v) is 2.12. The summed E-state index contributed by atoms with van der Waals surface area (Å²) in [6.45, 7) is 0. The Morgan fingerprint density at radius 2 is 2.19 bits per heavy atom. The smallest absolute Gasteiger partial charge is 0.257 e. The SMILES string of the molecule is COc1ccc(N)c(C(=O)Nc2cccc3cn[nH]c23)c1. The van der Waals surface area contributed by atoms with Crippen molar-refractivity contribution >= 4 is 28.2 Å². The monoisotopic (exact) mass is 282 g/mol. The van der Waals surface area contributed by atoms with Crippen LogP contribution >= 0.6 is 0 Å². The number of nitrogen functional groups attached to an aromatic ring is 1. The van der Waals surface area contributed by atoms with Gasteiger partial charge in [-0.1, -0.05) is 12.1 Å². The lowest BCUT2D eigenvalue weighted by Gasteiger charge is -2.09. The molecule has 0 saturated heterocycles. The van der Waals surface area contributed by atoms with E-state index in [0.29, 0.717) is 22.7 Å². The van der Waals surface area contributed by atoms with Crippen molar-refractivity contribution in [1.29, 1.82) is 0 Å². The van der Waals surface area contributed by atoms with Crippen LogP contribution in [0.2, 0.25) is 0 Å². The maximum absolute atomic E-state index is 12.4. The Morgan fingerprint density at radius 1 is 1.33 bits per heavy atom. The average Bonchev–Trinajstić information content (AvgIpc) is 2.97. The topological polar surface area (TPSA) is 93.0 Å². The van der Waals surface area contributed by atoms with E-state index >= 15 is 0 Å². The van der Waals surface area contributed by atoms with Gasteiger partial charge in [0.05, 0.1) is 30.1 Å². The number of carbonyl (C=O) groups excluding carboxylic acids is 1. The van der Waals surface area contributed by atoms with Crippen LogP contribution in [0.25, 0.3) is 10.9 Å². The number of benzene rings is 2. The third kappa shape index (κ3) is 2.38. The molecule has 0 radical (unpaired) electrons. The van der Waals surface area contributed by atoms with E-state index in [1.807, 2.05) is 12.1 Å². The zero-order chi connectivity index (χ0) is 14.8. The number of nitrogens with zero attached hydrogens (tertiary/aromatic N) is 1. The van der Waals surface area contributed by atoms with E-state index in [2.05, 4.69) is 15.5 Å². The van der Waals surface area contributed by atoms with E-state index in [9.17, 15) is 4.79 Å². The molecule has 0 aliphatic carbocycles. The molecule has 0 saturated carbocycles. The maximum atomic E-state index is 12.4. The lowest BCUT2D eigenvalue weighted by Crippen LogP contribution is -2.14. The number of aromatic nitrogens is 2. The molecular formula is C15H14N4O2. The van der Waals surface area contributed by atoms with Crippen molar-refractivity contribution < 1.29 is 9.53 Å². The highest BCUT2D eigenvalue weighted by molar-refractivity contribution is 6.11. The van der Waals surface area contributed by atoms with Gasteiger partial charge in [-0.2, -0.15) is 5.10 Å². The summed E-state index contributed by atoms with van der Waals surface area (Å²) in [7, 11) is 1.54. The Kier molecular flexibility index (Phi) is 3.19. The minimum Gasteiger partial charge on any atom is -0.497 e. The predicted molar refractivity (Wildman–Crippen MR) is 81.5 cm³/mol. The summed E-state index contributed by atoms with van der Waals surface area (Å²) in [6, 6.07) is 10.5. The normalized spacial score (nSPS) is 10.5. The number of rotatable bonds is 3. The first-order chi connectivity index (χ1) is 10.2. The molecule has 1 aromatic heterocycles. The molecule has 1 amide bonds. The number of amides is 1. The van der Waals surface area contributed by atoms with Gasteiger partial charge in [-0.3, -0.25) is 9.89 Å². The Bertz CT molecular complexity index is 810. The number of carbonyl (C=O) groups is 1. The van der Waals surface area contributed by atoms with Crippen molar-refractivity contribution in [1.82, 2.24) is 10.2 Å². The van der Waals surface area contributed by atoms with Crippen molar-refractivity contribution in [2.75, 3.05) is 18.2 Å². The standard InChI is InChI=1S/C15H14N4O2/c1-21-10-5-6-12(16)11(7-10)15(20)18-13-4-2-3-9-8-17-19-14(9)13/h2-8H,16H2,1H3,(H,17,19)(H,18,20). The van der Waals surface area contributed by atoms with Crippen LogP contribution in [-0.4, -0.2) is 23.2 Å². The molecule has 0 unspecified atom stereocenters. The van der Waals surface area contributed by atoms with Gasteiger partial charge in [0, 0.05) is 11.1 Å². The van der Waals surface area contributed by atoms with Gasteiger partial charge in [-0.05, 0) is 24.3 Å². The zero-order valence-corrected chi connectivity index (χ0v) is 11.4.